The number of carbonyl (C=O) groups excluding carboxylic acids is 2. The van der Waals surface area contributed by atoms with E-state index in [9.17, 15) is 14.7 Å². The quantitative estimate of drug-likeness (QED) is 0.0776. The first-order valence-corrected chi connectivity index (χ1v) is 16.1. The Balaban J connectivity index is 3.55. The van der Waals surface area contributed by atoms with E-state index in [1.165, 1.54) is 109 Å². The van der Waals surface area contributed by atoms with Gasteiger partial charge in [0.2, 0.25) is 0 Å². The molecule has 0 aliphatic rings. The van der Waals surface area contributed by atoms with Crippen molar-refractivity contribution >= 4 is 11.9 Å². The Bertz CT molecular complexity index is 494. The zero-order valence-corrected chi connectivity index (χ0v) is 24.7. The van der Waals surface area contributed by atoms with Gasteiger partial charge in [-0.05, 0) is 12.8 Å². The van der Waals surface area contributed by atoms with E-state index in [-0.39, 0.29) is 25.2 Å². The Morgan fingerprint density at radius 1 is 0.514 bits per heavy atom. The van der Waals surface area contributed by atoms with E-state index in [0.717, 1.165) is 38.5 Å². The smallest absolute Gasteiger partial charge is 0.306 e. The maximum absolute atomic E-state index is 12.0. The highest BCUT2D eigenvalue weighted by molar-refractivity contribution is 5.70. The number of carbonyl (C=O) groups is 2. The van der Waals surface area contributed by atoms with E-state index in [0.29, 0.717) is 12.8 Å². The summed E-state index contributed by atoms with van der Waals surface area (Å²) in [5, 5.41) is 9.47. The molecule has 0 radical (unpaired) electrons. The van der Waals surface area contributed by atoms with Crippen molar-refractivity contribution in [2.75, 3.05) is 13.2 Å². The molecule has 0 aromatic heterocycles. The lowest BCUT2D eigenvalue weighted by molar-refractivity contribution is -0.161. The second kappa shape index (κ2) is 29.5. The van der Waals surface area contributed by atoms with Gasteiger partial charge in [0.05, 0.1) is 6.61 Å². The first kappa shape index (κ1) is 35.9. The van der Waals surface area contributed by atoms with Crippen molar-refractivity contribution < 1.29 is 24.2 Å². The van der Waals surface area contributed by atoms with Gasteiger partial charge in [-0.1, -0.05) is 149 Å². The van der Waals surface area contributed by atoms with E-state index in [1.54, 1.807) is 0 Å². The molecule has 0 aromatic carbocycles. The molecule has 0 fully saturated rings. The third kappa shape index (κ3) is 27.7. The second-order valence-electron chi connectivity index (χ2n) is 10.9. The number of aliphatic hydroxyl groups is 1. The Morgan fingerprint density at radius 2 is 0.838 bits per heavy atom. The lowest BCUT2D eigenvalue weighted by atomic mass is 10.0. The van der Waals surface area contributed by atoms with Crippen molar-refractivity contribution in [3.8, 4) is 0 Å². The SMILES string of the molecule is CCCCCCCCCCCCCCC(=O)O[C@@H](CO)COC(=O)CCCCCCCCCCCCC. The van der Waals surface area contributed by atoms with Crippen molar-refractivity contribution in [2.24, 2.45) is 0 Å². The van der Waals surface area contributed by atoms with Gasteiger partial charge in [-0.15, -0.1) is 0 Å². The average Bonchev–Trinajstić information content (AvgIpc) is 2.90. The van der Waals surface area contributed by atoms with Crippen molar-refractivity contribution in [2.45, 2.75) is 180 Å². The lowest BCUT2D eigenvalue weighted by Gasteiger charge is -2.15. The average molecular weight is 527 g/mol. The first-order valence-electron chi connectivity index (χ1n) is 16.1. The largest absolute Gasteiger partial charge is 0.462 e. The van der Waals surface area contributed by atoms with Crippen LogP contribution in [0.3, 0.4) is 0 Å². The summed E-state index contributed by atoms with van der Waals surface area (Å²) in [6.07, 6.45) is 28.6. The van der Waals surface area contributed by atoms with Crippen LogP contribution in [0, 0.1) is 0 Å². The van der Waals surface area contributed by atoms with E-state index in [4.69, 9.17) is 9.47 Å². The molecular weight excluding hydrogens is 464 g/mol. The summed E-state index contributed by atoms with van der Waals surface area (Å²) in [5.74, 6) is -0.584. The molecule has 0 spiro atoms. The maximum atomic E-state index is 12.0. The van der Waals surface area contributed by atoms with Crippen LogP contribution in [0.4, 0.5) is 0 Å². The monoisotopic (exact) mass is 526 g/mol. The summed E-state index contributed by atoms with van der Waals surface area (Å²) < 4.78 is 10.5. The molecule has 1 N–H and O–H groups in total. The van der Waals surface area contributed by atoms with Crippen LogP contribution in [0.15, 0.2) is 0 Å². The standard InChI is InChI=1S/C32H62O5/c1-3-5-7-9-11-13-15-17-19-21-23-25-27-32(35)37-30(28-33)29-36-31(34)26-24-22-20-18-16-14-12-10-8-6-4-2/h30,33H,3-29H2,1-2H3/t30-/m0/s1. The molecule has 0 aliphatic carbocycles. The third-order valence-electron chi connectivity index (χ3n) is 7.15. The van der Waals surface area contributed by atoms with E-state index in [2.05, 4.69) is 13.8 Å². The number of rotatable bonds is 29. The molecule has 0 aromatic rings. The Hall–Kier alpha value is -1.10. The van der Waals surface area contributed by atoms with E-state index in [1.807, 2.05) is 0 Å². The minimum absolute atomic E-state index is 0.0580. The molecule has 0 amide bonds. The van der Waals surface area contributed by atoms with Gasteiger partial charge in [-0.2, -0.15) is 0 Å². The molecule has 5 nitrogen and oxygen atoms in total. The third-order valence-corrected chi connectivity index (χ3v) is 7.15. The highest BCUT2D eigenvalue weighted by atomic mass is 16.6. The van der Waals surface area contributed by atoms with Crippen LogP contribution >= 0.6 is 0 Å². The summed E-state index contributed by atoms with van der Waals surface area (Å²) in [7, 11) is 0. The van der Waals surface area contributed by atoms with Gasteiger partial charge in [-0.25, -0.2) is 0 Å². The van der Waals surface area contributed by atoms with Crippen LogP contribution < -0.4 is 0 Å². The van der Waals surface area contributed by atoms with Gasteiger partial charge >= 0.3 is 11.9 Å². The van der Waals surface area contributed by atoms with Crippen LogP contribution in [0.1, 0.15) is 174 Å². The van der Waals surface area contributed by atoms with Crippen molar-refractivity contribution in [1.82, 2.24) is 0 Å². The fourth-order valence-corrected chi connectivity index (χ4v) is 4.67. The molecule has 0 rings (SSSR count). The van der Waals surface area contributed by atoms with Crippen molar-refractivity contribution in [3.63, 3.8) is 0 Å². The number of hydrogen-bond acceptors (Lipinski definition) is 5. The van der Waals surface area contributed by atoms with Gasteiger partial charge in [0.15, 0.2) is 6.10 Å². The lowest BCUT2D eigenvalue weighted by Crippen LogP contribution is -2.28. The summed E-state index contributed by atoms with van der Waals surface area (Å²) >= 11 is 0. The predicted molar refractivity (Wildman–Crippen MR) is 155 cm³/mol. The number of aliphatic hydroxyl groups excluding tert-OH is 1. The van der Waals surface area contributed by atoms with Gasteiger partial charge in [0.1, 0.15) is 6.61 Å². The molecular formula is C32H62O5. The minimum atomic E-state index is -0.758. The topological polar surface area (TPSA) is 72.8 Å². The fourth-order valence-electron chi connectivity index (χ4n) is 4.67. The molecule has 0 bridgehead atoms. The van der Waals surface area contributed by atoms with Crippen LogP contribution in [-0.4, -0.2) is 36.4 Å². The zero-order chi connectivity index (χ0) is 27.2. The highest BCUT2D eigenvalue weighted by Gasteiger charge is 2.16. The number of esters is 2. The second-order valence-corrected chi connectivity index (χ2v) is 10.9. The molecule has 0 saturated heterocycles. The van der Waals surface area contributed by atoms with Gasteiger partial charge in [-0.3, -0.25) is 9.59 Å². The summed E-state index contributed by atoms with van der Waals surface area (Å²) in [5.41, 5.74) is 0. The number of unbranched alkanes of at least 4 members (excludes halogenated alkanes) is 21. The predicted octanol–water partition coefficient (Wildman–Crippen LogP) is 9.23. The van der Waals surface area contributed by atoms with Crippen LogP contribution in [0.5, 0.6) is 0 Å². The Kier molecular flexibility index (Phi) is 28.6. The summed E-state index contributed by atoms with van der Waals surface area (Å²) in [6, 6.07) is 0. The maximum Gasteiger partial charge on any atom is 0.306 e. The normalized spacial score (nSPS) is 12.0. The van der Waals surface area contributed by atoms with Gasteiger partial charge in [0, 0.05) is 12.8 Å². The zero-order valence-electron chi connectivity index (χ0n) is 24.7. The minimum Gasteiger partial charge on any atom is -0.462 e. The van der Waals surface area contributed by atoms with Gasteiger partial charge in [0.25, 0.3) is 0 Å². The molecule has 0 heterocycles. The molecule has 5 heteroatoms. The van der Waals surface area contributed by atoms with E-state index < -0.39 is 6.10 Å². The Labute approximate surface area is 229 Å². The van der Waals surface area contributed by atoms with E-state index >= 15 is 0 Å². The van der Waals surface area contributed by atoms with Crippen molar-refractivity contribution in [3.05, 3.63) is 0 Å². The van der Waals surface area contributed by atoms with Crippen molar-refractivity contribution in [1.29, 1.82) is 0 Å². The summed E-state index contributed by atoms with van der Waals surface area (Å²) in [6.45, 7) is 4.12. The molecule has 1 atom stereocenters. The number of ether oxygens (including phenoxy) is 2. The molecule has 0 saturated carbocycles. The molecule has 37 heavy (non-hydrogen) atoms. The number of hydrogen-bond donors (Lipinski definition) is 1. The fraction of sp³-hybridized carbons (Fsp3) is 0.938. The Morgan fingerprint density at radius 3 is 1.19 bits per heavy atom. The molecule has 0 unspecified atom stereocenters. The van der Waals surface area contributed by atoms with Crippen LogP contribution in [-0.2, 0) is 19.1 Å². The molecule has 220 valence electrons. The van der Waals surface area contributed by atoms with Gasteiger partial charge < -0.3 is 14.6 Å². The summed E-state index contributed by atoms with van der Waals surface area (Å²) in [4.78, 5) is 24.0. The highest BCUT2D eigenvalue weighted by Crippen LogP contribution is 2.14. The van der Waals surface area contributed by atoms with Crippen LogP contribution in [0.2, 0.25) is 0 Å². The first-order chi connectivity index (χ1) is 18.1. The van der Waals surface area contributed by atoms with Crippen LogP contribution in [0.25, 0.3) is 0 Å². The molecule has 0 aliphatic heterocycles.